The highest BCUT2D eigenvalue weighted by molar-refractivity contribution is 7.94. The van der Waals surface area contributed by atoms with E-state index < -0.39 is 33.0 Å². The zero-order valence-corrected chi connectivity index (χ0v) is 15.7. The van der Waals surface area contributed by atoms with Gasteiger partial charge < -0.3 is 9.87 Å². The van der Waals surface area contributed by atoms with Crippen molar-refractivity contribution in [3.8, 4) is 0 Å². The van der Waals surface area contributed by atoms with Gasteiger partial charge in [0.05, 0.1) is 12.3 Å². The number of hydrogen-bond donors (Lipinski definition) is 1. The SMILES string of the molecule is O=C1CC2[S+]([O-])C1C(c1cccc(Cl)c1)[C@]21C(=O)Nc2cc(Cl)ccc21. The largest absolute Gasteiger partial charge is 0.616 e. The number of fused-ring (bicyclic) bond motifs is 5. The van der Waals surface area contributed by atoms with Crippen molar-refractivity contribution in [2.45, 2.75) is 28.3 Å². The number of nitrogens with one attached hydrogen (secondary N) is 1. The van der Waals surface area contributed by atoms with Gasteiger partial charge in [-0.25, -0.2) is 0 Å². The topological polar surface area (TPSA) is 69.2 Å². The minimum absolute atomic E-state index is 0.0425. The molecule has 0 radical (unpaired) electrons. The van der Waals surface area contributed by atoms with E-state index in [9.17, 15) is 14.1 Å². The molecule has 3 aliphatic heterocycles. The lowest BCUT2D eigenvalue weighted by Crippen LogP contribution is -2.50. The number of carbonyl (C=O) groups excluding carboxylic acids is 2. The maximum atomic E-state index is 13.2. The molecule has 2 fully saturated rings. The maximum Gasteiger partial charge on any atom is 0.241 e. The highest BCUT2D eigenvalue weighted by Gasteiger charge is 2.76. The highest BCUT2D eigenvalue weighted by atomic mass is 35.5. The van der Waals surface area contributed by atoms with Crippen molar-refractivity contribution in [3.63, 3.8) is 0 Å². The molecule has 1 spiro atoms. The Morgan fingerprint density at radius 3 is 2.65 bits per heavy atom. The second kappa shape index (κ2) is 5.49. The van der Waals surface area contributed by atoms with Crippen LogP contribution >= 0.6 is 23.2 Å². The number of ketones is 1. The molecule has 4 unspecified atom stereocenters. The Balaban J connectivity index is 1.80. The van der Waals surface area contributed by atoms with Gasteiger partial charge in [-0.3, -0.25) is 9.59 Å². The molecule has 1 amide bonds. The minimum Gasteiger partial charge on any atom is -0.616 e. The van der Waals surface area contributed by atoms with E-state index in [1.54, 1.807) is 30.3 Å². The van der Waals surface area contributed by atoms with E-state index in [0.717, 1.165) is 11.1 Å². The van der Waals surface area contributed by atoms with Crippen LogP contribution in [0.2, 0.25) is 10.0 Å². The molecular formula is C19H13Cl2NO3S. The summed E-state index contributed by atoms with van der Waals surface area (Å²) in [6.45, 7) is 0. The highest BCUT2D eigenvalue weighted by Crippen LogP contribution is 2.63. The van der Waals surface area contributed by atoms with Crippen LogP contribution in [0.4, 0.5) is 5.69 Å². The Morgan fingerprint density at radius 1 is 1.12 bits per heavy atom. The number of benzene rings is 2. The van der Waals surface area contributed by atoms with Gasteiger partial charge in [0, 0.05) is 15.7 Å². The maximum absolute atomic E-state index is 13.2. The van der Waals surface area contributed by atoms with Crippen molar-refractivity contribution < 1.29 is 14.1 Å². The van der Waals surface area contributed by atoms with E-state index in [1.165, 1.54) is 0 Å². The number of Topliss-reactive ketones (excluding diaryl/α,β-unsaturated/α-hetero) is 1. The van der Waals surface area contributed by atoms with Gasteiger partial charge in [-0.05, 0) is 46.6 Å². The van der Waals surface area contributed by atoms with Gasteiger partial charge in [-0.2, -0.15) is 0 Å². The summed E-state index contributed by atoms with van der Waals surface area (Å²) in [5, 5.41) is 2.71. The first-order chi connectivity index (χ1) is 12.4. The monoisotopic (exact) mass is 405 g/mol. The Bertz CT molecular complexity index is 981. The average Bonchev–Trinajstić information content (AvgIpc) is 3.13. The fourth-order valence-electron chi connectivity index (χ4n) is 4.89. The van der Waals surface area contributed by atoms with Crippen LogP contribution in [0.15, 0.2) is 42.5 Å². The van der Waals surface area contributed by atoms with E-state index in [4.69, 9.17) is 23.2 Å². The van der Waals surface area contributed by atoms with Gasteiger partial charge in [0.15, 0.2) is 11.0 Å². The molecule has 7 heteroatoms. The van der Waals surface area contributed by atoms with Gasteiger partial charge in [-0.15, -0.1) is 0 Å². The molecule has 1 N–H and O–H groups in total. The predicted molar refractivity (Wildman–Crippen MR) is 101 cm³/mol. The van der Waals surface area contributed by atoms with Gasteiger partial charge in [0.2, 0.25) is 5.91 Å². The van der Waals surface area contributed by atoms with E-state index in [2.05, 4.69) is 5.32 Å². The zero-order valence-electron chi connectivity index (χ0n) is 13.4. The molecule has 2 bridgehead atoms. The Labute approximate surface area is 163 Å². The third-order valence-electron chi connectivity index (χ3n) is 5.79. The van der Waals surface area contributed by atoms with Crippen LogP contribution in [0.1, 0.15) is 23.5 Å². The molecule has 0 saturated carbocycles. The molecule has 26 heavy (non-hydrogen) atoms. The van der Waals surface area contributed by atoms with Crippen molar-refractivity contribution in [3.05, 3.63) is 63.6 Å². The van der Waals surface area contributed by atoms with Crippen molar-refractivity contribution in [1.29, 1.82) is 0 Å². The van der Waals surface area contributed by atoms with Gasteiger partial charge in [0.1, 0.15) is 10.7 Å². The molecule has 0 aliphatic carbocycles. The fourth-order valence-corrected chi connectivity index (χ4v) is 7.68. The zero-order chi connectivity index (χ0) is 18.2. The van der Waals surface area contributed by atoms with E-state index >= 15 is 0 Å². The quantitative estimate of drug-likeness (QED) is 0.738. The fraction of sp³-hybridized carbons (Fsp3) is 0.263. The first-order valence-electron chi connectivity index (χ1n) is 8.23. The lowest BCUT2D eigenvalue weighted by atomic mass is 9.60. The normalized spacial score (nSPS) is 34.4. The number of hydrogen-bond acceptors (Lipinski definition) is 3. The van der Waals surface area contributed by atoms with Crippen LogP contribution < -0.4 is 5.32 Å². The number of halogens is 2. The predicted octanol–water partition coefficient (Wildman–Crippen LogP) is 3.44. The van der Waals surface area contributed by atoms with Gasteiger partial charge >= 0.3 is 0 Å². The number of anilines is 1. The second-order valence-electron chi connectivity index (χ2n) is 6.95. The Kier molecular flexibility index (Phi) is 3.51. The molecule has 3 aliphatic rings. The van der Waals surface area contributed by atoms with Gasteiger partial charge in [-0.1, -0.05) is 41.4 Å². The minimum atomic E-state index is -1.42. The van der Waals surface area contributed by atoms with Crippen molar-refractivity contribution in [2.75, 3.05) is 5.32 Å². The van der Waals surface area contributed by atoms with Crippen molar-refractivity contribution >= 4 is 51.8 Å². The third-order valence-corrected chi connectivity index (χ3v) is 8.40. The van der Waals surface area contributed by atoms with Crippen LogP contribution in [0.25, 0.3) is 0 Å². The van der Waals surface area contributed by atoms with Crippen molar-refractivity contribution in [1.82, 2.24) is 0 Å². The Morgan fingerprint density at radius 2 is 1.88 bits per heavy atom. The van der Waals surface area contributed by atoms with Crippen LogP contribution in [0.3, 0.4) is 0 Å². The van der Waals surface area contributed by atoms with Crippen LogP contribution in [-0.2, 0) is 26.2 Å². The number of amides is 1. The summed E-state index contributed by atoms with van der Waals surface area (Å²) in [4.78, 5) is 25.8. The molecule has 5 atom stereocenters. The van der Waals surface area contributed by atoms with E-state index in [0.29, 0.717) is 15.7 Å². The summed E-state index contributed by atoms with van der Waals surface area (Å²) in [7, 11) is 0. The van der Waals surface area contributed by atoms with E-state index in [-0.39, 0.29) is 18.1 Å². The van der Waals surface area contributed by atoms with Crippen LogP contribution in [-0.4, -0.2) is 26.7 Å². The molecule has 4 nitrogen and oxygen atoms in total. The summed E-state index contributed by atoms with van der Waals surface area (Å²) in [5.74, 6) is -0.761. The van der Waals surface area contributed by atoms with Crippen LogP contribution in [0.5, 0.6) is 0 Å². The van der Waals surface area contributed by atoms with E-state index in [1.807, 2.05) is 12.1 Å². The smallest absolute Gasteiger partial charge is 0.241 e. The summed E-state index contributed by atoms with van der Waals surface area (Å²) < 4.78 is 13.1. The summed E-state index contributed by atoms with van der Waals surface area (Å²) >= 11 is 10.8. The second-order valence-corrected chi connectivity index (χ2v) is 9.56. The molecule has 132 valence electrons. The number of carbonyl (C=O) groups is 2. The van der Waals surface area contributed by atoms with Gasteiger partial charge in [0.25, 0.3) is 0 Å². The third kappa shape index (κ3) is 1.92. The first kappa shape index (κ1) is 16.6. The molecule has 2 aromatic carbocycles. The lowest BCUT2D eigenvalue weighted by molar-refractivity contribution is -0.125. The number of rotatable bonds is 1. The molecule has 2 saturated heterocycles. The summed E-state index contributed by atoms with van der Waals surface area (Å²) in [6.07, 6.45) is 0.157. The molecular weight excluding hydrogens is 393 g/mol. The summed E-state index contributed by atoms with van der Waals surface area (Å²) in [5.41, 5.74) is 1.13. The van der Waals surface area contributed by atoms with Crippen molar-refractivity contribution in [2.24, 2.45) is 0 Å². The molecule has 2 aromatic rings. The average molecular weight is 406 g/mol. The molecule has 5 rings (SSSR count). The standard InChI is InChI=1S/C19H13Cl2NO3S/c20-10-3-1-2-9(6-10)16-17-14(23)8-15(26(17)25)19(16)12-5-4-11(21)7-13(12)22-18(19)24/h1-7,15-17H,8H2,(H,22,24)/t15?,16?,17?,19-,26?/m1/s1. The summed E-state index contributed by atoms with van der Waals surface area (Å²) in [6, 6.07) is 12.4. The lowest BCUT2D eigenvalue weighted by Gasteiger charge is -2.34. The molecule has 0 aromatic heterocycles. The molecule has 3 heterocycles. The Hall–Kier alpha value is -1.53. The van der Waals surface area contributed by atoms with Crippen LogP contribution in [0, 0.1) is 0 Å². The first-order valence-corrected chi connectivity index (χ1v) is 10.3.